The summed E-state index contributed by atoms with van der Waals surface area (Å²) in [5, 5.41) is 3.16. The average molecular weight is 369 g/mol. The first-order valence-corrected chi connectivity index (χ1v) is 8.74. The van der Waals surface area contributed by atoms with Gasteiger partial charge in [0.05, 0.1) is 10.9 Å². The van der Waals surface area contributed by atoms with Crippen molar-refractivity contribution in [1.29, 1.82) is 0 Å². The highest BCUT2D eigenvalue weighted by atomic mass is 19.1. The topological polar surface area (TPSA) is 73.1 Å². The molecular formula is C20H20FN3O3. The zero-order chi connectivity index (χ0) is 19.4. The molecule has 3 rings (SSSR count). The second-order valence-electron chi connectivity index (χ2n) is 6.16. The monoisotopic (exact) mass is 369 g/mol. The molecule has 0 saturated heterocycles. The largest absolute Gasteiger partial charge is 0.354 e. The first kappa shape index (κ1) is 18.6. The number of fused-ring (bicyclic) bond motifs is 1. The van der Waals surface area contributed by atoms with E-state index in [0.29, 0.717) is 23.9 Å². The highest BCUT2D eigenvalue weighted by Crippen LogP contribution is 2.07. The number of carbonyl (C=O) groups is 1. The van der Waals surface area contributed by atoms with Gasteiger partial charge in [-0.15, -0.1) is 0 Å². The van der Waals surface area contributed by atoms with E-state index >= 15 is 0 Å². The third kappa shape index (κ3) is 3.97. The molecule has 0 spiro atoms. The van der Waals surface area contributed by atoms with E-state index < -0.39 is 5.69 Å². The molecule has 0 radical (unpaired) electrons. The zero-order valence-electron chi connectivity index (χ0n) is 14.9. The number of amides is 1. The van der Waals surface area contributed by atoms with Gasteiger partial charge in [0.1, 0.15) is 12.4 Å². The van der Waals surface area contributed by atoms with Crippen molar-refractivity contribution in [3.8, 4) is 0 Å². The van der Waals surface area contributed by atoms with Crippen LogP contribution in [0.5, 0.6) is 0 Å². The van der Waals surface area contributed by atoms with Gasteiger partial charge < -0.3 is 5.32 Å². The Kier molecular flexibility index (Phi) is 5.49. The lowest BCUT2D eigenvalue weighted by molar-refractivity contribution is -0.121. The summed E-state index contributed by atoms with van der Waals surface area (Å²) in [6.45, 7) is 2.13. The van der Waals surface area contributed by atoms with E-state index in [-0.39, 0.29) is 30.4 Å². The van der Waals surface area contributed by atoms with Gasteiger partial charge in [-0.2, -0.15) is 0 Å². The number of nitrogens with zero attached hydrogens (tertiary/aromatic N) is 2. The third-order valence-corrected chi connectivity index (χ3v) is 4.40. The van der Waals surface area contributed by atoms with E-state index in [9.17, 15) is 18.8 Å². The number of nitrogens with one attached hydrogen (secondary N) is 1. The van der Waals surface area contributed by atoms with Crippen molar-refractivity contribution in [2.45, 2.75) is 26.4 Å². The Labute approximate surface area is 154 Å². The summed E-state index contributed by atoms with van der Waals surface area (Å²) in [5.41, 5.74) is 0.477. The van der Waals surface area contributed by atoms with Crippen LogP contribution in [0.25, 0.3) is 10.9 Å². The summed E-state index contributed by atoms with van der Waals surface area (Å²) in [7, 11) is 0. The first-order chi connectivity index (χ1) is 13.0. The van der Waals surface area contributed by atoms with E-state index in [1.54, 1.807) is 43.3 Å². The summed E-state index contributed by atoms with van der Waals surface area (Å²) >= 11 is 0. The molecule has 2 aromatic carbocycles. The Balaban J connectivity index is 1.77. The van der Waals surface area contributed by atoms with Gasteiger partial charge in [0.15, 0.2) is 0 Å². The Hall–Kier alpha value is -3.22. The molecule has 0 aliphatic heterocycles. The van der Waals surface area contributed by atoms with E-state index in [1.165, 1.54) is 16.7 Å². The van der Waals surface area contributed by atoms with E-state index in [2.05, 4.69) is 5.32 Å². The lowest BCUT2D eigenvalue weighted by atomic mass is 10.1. The minimum absolute atomic E-state index is 0.178. The van der Waals surface area contributed by atoms with Gasteiger partial charge in [0.2, 0.25) is 5.91 Å². The van der Waals surface area contributed by atoms with E-state index in [4.69, 9.17) is 0 Å². The molecule has 6 nitrogen and oxygen atoms in total. The van der Waals surface area contributed by atoms with Gasteiger partial charge in [-0.1, -0.05) is 24.3 Å². The predicted molar refractivity (Wildman–Crippen MR) is 101 cm³/mol. The van der Waals surface area contributed by atoms with Crippen LogP contribution < -0.4 is 16.6 Å². The SMILES string of the molecule is CCn1c(=O)c2ccccc2n(CC(=O)NCCc2ccc(F)cc2)c1=O. The Morgan fingerprint density at radius 3 is 2.44 bits per heavy atom. The molecule has 0 unspecified atom stereocenters. The predicted octanol–water partition coefficient (Wildman–Crippen LogP) is 1.68. The van der Waals surface area contributed by atoms with Crippen molar-refractivity contribution in [2.24, 2.45) is 0 Å². The van der Waals surface area contributed by atoms with Crippen LogP contribution in [-0.2, 0) is 24.3 Å². The van der Waals surface area contributed by atoms with Gasteiger partial charge in [0.25, 0.3) is 5.56 Å². The van der Waals surface area contributed by atoms with E-state index in [1.807, 2.05) is 0 Å². The minimum Gasteiger partial charge on any atom is -0.354 e. The number of hydrogen-bond donors (Lipinski definition) is 1. The lowest BCUT2D eigenvalue weighted by Crippen LogP contribution is -2.42. The molecule has 1 N–H and O–H groups in total. The van der Waals surface area contributed by atoms with Crippen LogP contribution in [0.3, 0.4) is 0 Å². The van der Waals surface area contributed by atoms with Crippen LogP contribution in [0, 0.1) is 5.82 Å². The fraction of sp³-hybridized carbons (Fsp3) is 0.250. The molecule has 0 aliphatic rings. The molecule has 0 saturated carbocycles. The Morgan fingerprint density at radius 2 is 1.74 bits per heavy atom. The number of hydrogen-bond acceptors (Lipinski definition) is 3. The number of benzene rings is 2. The Bertz CT molecular complexity index is 1080. The number of carbonyl (C=O) groups excluding carboxylic acids is 1. The number of aromatic nitrogens is 2. The fourth-order valence-electron chi connectivity index (χ4n) is 3.00. The van der Waals surface area contributed by atoms with Crippen LogP contribution >= 0.6 is 0 Å². The number of rotatable bonds is 6. The molecule has 0 fully saturated rings. The molecule has 1 heterocycles. The lowest BCUT2D eigenvalue weighted by Gasteiger charge is -2.13. The van der Waals surface area contributed by atoms with Crippen LogP contribution in [0.2, 0.25) is 0 Å². The number of halogens is 1. The summed E-state index contributed by atoms with van der Waals surface area (Å²) in [4.78, 5) is 37.3. The summed E-state index contributed by atoms with van der Waals surface area (Å²) in [5.74, 6) is -0.634. The Morgan fingerprint density at radius 1 is 1.04 bits per heavy atom. The van der Waals surface area contributed by atoms with Crippen LogP contribution in [0.4, 0.5) is 4.39 Å². The minimum atomic E-state index is -0.505. The van der Waals surface area contributed by atoms with Crippen LogP contribution in [0.15, 0.2) is 58.1 Å². The highest BCUT2D eigenvalue weighted by Gasteiger charge is 2.14. The molecule has 7 heteroatoms. The maximum atomic E-state index is 12.9. The van der Waals surface area contributed by atoms with Crippen molar-refractivity contribution in [3.05, 3.63) is 80.7 Å². The molecule has 0 aliphatic carbocycles. The third-order valence-electron chi connectivity index (χ3n) is 4.40. The summed E-state index contributed by atoms with van der Waals surface area (Å²) in [6, 6.07) is 12.8. The standard InChI is InChI=1S/C20H20FN3O3/c1-2-23-19(26)16-5-3-4-6-17(16)24(20(23)27)13-18(25)22-12-11-14-7-9-15(21)10-8-14/h3-10H,2,11-13H2,1H3,(H,22,25). The van der Waals surface area contributed by atoms with Gasteiger partial charge in [-0.3, -0.25) is 18.7 Å². The summed E-state index contributed by atoms with van der Waals surface area (Å²) in [6.07, 6.45) is 0.552. The maximum absolute atomic E-state index is 12.9. The van der Waals surface area contributed by atoms with Crippen molar-refractivity contribution >= 4 is 16.8 Å². The summed E-state index contributed by atoms with van der Waals surface area (Å²) < 4.78 is 15.3. The molecule has 0 bridgehead atoms. The maximum Gasteiger partial charge on any atom is 0.331 e. The molecule has 0 atom stereocenters. The van der Waals surface area contributed by atoms with Gasteiger partial charge >= 0.3 is 5.69 Å². The molecule has 140 valence electrons. The van der Waals surface area contributed by atoms with Gasteiger partial charge in [-0.25, -0.2) is 9.18 Å². The van der Waals surface area contributed by atoms with Crippen molar-refractivity contribution < 1.29 is 9.18 Å². The molecule has 3 aromatic rings. The normalized spacial score (nSPS) is 10.9. The zero-order valence-corrected chi connectivity index (χ0v) is 14.9. The van der Waals surface area contributed by atoms with Crippen LogP contribution in [-0.4, -0.2) is 21.6 Å². The number of para-hydroxylation sites is 1. The molecule has 27 heavy (non-hydrogen) atoms. The highest BCUT2D eigenvalue weighted by molar-refractivity contribution is 5.81. The van der Waals surface area contributed by atoms with Gasteiger partial charge in [-0.05, 0) is 43.2 Å². The molecule has 1 aromatic heterocycles. The van der Waals surface area contributed by atoms with Crippen molar-refractivity contribution in [1.82, 2.24) is 14.5 Å². The van der Waals surface area contributed by atoms with Gasteiger partial charge in [0, 0.05) is 13.1 Å². The van der Waals surface area contributed by atoms with Crippen molar-refractivity contribution in [3.63, 3.8) is 0 Å². The smallest absolute Gasteiger partial charge is 0.331 e. The van der Waals surface area contributed by atoms with E-state index in [0.717, 1.165) is 10.1 Å². The fourth-order valence-corrected chi connectivity index (χ4v) is 3.00. The molecular weight excluding hydrogens is 349 g/mol. The quantitative estimate of drug-likeness (QED) is 0.719. The second-order valence-corrected chi connectivity index (χ2v) is 6.16. The first-order valence-electron chi connectivity index (χ1n) is 8.74. The van der Waals surface area contributed by atoms with Crippen LogP contribution in [0.1, 0.15) is 12.5 Å². The van der Waals surface area contributed by atoms with Crippen molar-refractivity contribution in [2.75, 3.05) is 6.54 Å². The molecule has 1 amide bonds. The second kappa shape index (κ2) is 7.99. The average Bonchev–Trinajstić information content (AvgIpc) is 2.67.